The minimum absolute atomic E-state index is 0.245. The largest absolute Gasteiger partial charge is 0.394 e. The molecule has 9 N–H and O–H groups in total. The number of hydrogen-bond acceptors (Lipinski definition) is 13. The summed E-state index contributed by atoms with van der Waals surface area (Å²) in [6.07, 6.45) is 51.5. The van der Waals surface area contributed by atoms with Gasteiger partial charge in [0.1, 0.15) is 48.8 Å². The van der Waals surface area contributed by atoms with Gasteiger partial charge in [0.2, 0.25) is 5.91 Å². The van der Waals surface area contributed by atoms with Gasteiger partial charge in [0, 0.05) is 6.42 Å². The first-order chi connectivity index (χ1) is 40.1. The standard InChI is InChI=1S/C68H125NO13/c1-3-5-7-9-11-13-15-17-19-20-21-22-23-24-25-26-27-28-29-30-31-32-33-34-35-36-38-39-41-43-45-47-49-51-57(72)56(69-60(73)52-50-48-46-44-42-40-37-18-16-14-12-10-8-6-4-2)55-79-67-65(78)63(76)66(59(54-71)81-67)82-68-64(77)62(75)61(74)58(53-70)80-68/h6,8,12,14,18,37,42,44,56-59,61-68,70-72,74-78H,3-5,7,9-11,13,15-17,19-36,38-41,43,45-55H2,1-2H3,(H,69,73)/b8-6-,14-12-,37-18-,44-42-. The lowest BCUT2D eigenvalue weighted by Gasteiger charge is -2.46. The molecule has 2 saturated heterocycles. The Morgan fingerprint density at radius 2 is 0.841 bits per heavy atom. The molecule has 12 atom stereocenters. The van der Waals surface area contributed by atoms with Gasteiger partial charge in [-0.15, -0.1) is 0 Å². The van der Waals surface area contributed by atoms with Crippen molar-refractivity contribution in [3.63, 3.8) is 0 Å². The number of aliphatic hydroxyl groups is 8. The molecule has 0 aliphatic carbocycles. The second kappa shape index (κ2) is 53.2. The summed E-state index contributed by atoms with van der Waals surface area (Å²) < 4.78 is 22.8. The van der Waals surface area contributed by atoms with Crippen LogP contribution in [0.3, 0.4) is 0 Å². The number of rotatable bonds is 55. The van der Waals surface area contributed by atoms with E-state index in [9.17, 15) is 45.6 Å². The molecule has 82 heavy (non-hydrogen) atoms. The van der Waals surface area contributed by atoms with E-state index in [0.29, 0.717) is 12.8 Å². The maximum absolute atomic E-state index is 13.3. The van der Waals surface area contributed by atoms with Crippen LogP contribution in [0, 0.1) is 0 Å². The lowest BCUT2D eigenvalue weighted by Crippen LogP contribution is -2.65. The van der Waals surface area contributed by atoms with E-state index >= 15 is 0 Å². The van der Waals surface area contributed by atoms with Crippen molar-refractivity contribution >= 4 is 5.91 Å². The molecule has 0 radical (unpaired) electrons. The maximum Gasteiger partial charge on any atom is 0.220 e. The molecule has 2 fully saturated rings. The highest BCUT2D eigenvalue weighted by Gasteiger charge is 2.51. The minimum Gasteiger partial charge on any atom is -0.394 e. The zero-order chi connectivity index (χ0) is 59.5. The first-order valence-corrected chi connectivity index (χ1v) is 33.9. The van der Waals surface area contributed by atoms with Gasteiger partial charge >= 0.3 is 0 Å². The normalized spacial score (nSPS) is 24.2. The number of amides is 1. The first kappa shape index (κ1) is 76.0. The van der Waals surface area contributed by atoms with Crippen LogP contribution in [-0.2, 0) is 23.7 Å². The topological polar surface area (TPSA) is 228 Å². The Balaban J connectivity index is 1.63. The Hall–Kier alpha value is -2.05. The number of aliphatic hydroxyl groups excluding tert-OH is 8. The molecular weight excluding hydrogens is 1040 g/mol. The van der Waals surface area contributed by atoms with E-state index in [-0.39, 0.29) is 18.9 Å². The summed E-state index contributed by atoms with van der Waals surface area (Å²) in [6, 6.07) is -0.853. The van der Waals surface area contributed by atoms with Gasteiger partial charge in [0.05, 0.1) is 32.0 Å². The summed E-state index contributed by atoms with van der Waals surface area (Å²) in [5.74, 6) is -0.245. The molecule has 2 aliphatic heterocycles. The van der Waals surface area contributed by atoms with E-state index in [4.69, 9.17) is 18.9 Å². The van der Waals surface area contributed by atoms with E-state index in [0.717, 1.165) is 64.2 Å². The van der Waals surface area contributed by atoms with Crippen LogP contribution in [0.1, 0.15) is 284 Å². The average Bonchev–Trinajstić information content (AvgIpc) is 3.53. The number of carbonyl (C=O) groups excluding carboxylic acids is 1. The van der Waals surface area contributed by atoms with Crippen molar-refractivity contribution in [1.82, 2.24) is 5.32 Å². The molecule has 1 amide bonds. The zero-order valence-electron chi connectivity index (χ0n) is 52.0. The van der Waals surface area contributed by atoms with Crippen LogP contribution in [0.25, 0.3) is 0 Å². The SMILES string of the molecule is CC/C=C\C/C=C\C/C=C\C/C=C\CCCCC(=O)NC(COC1OC(CO)C(OC2OC(CO)C(O)C(O)C2O)C(O)C1O)C(O)CCCCCCCCCCCCCCCCCCCCCCCCCCCCCCCCCCC. The van der Waals surface area contributed by atoms with Crippen LogP contribution in [0.15, 0.2) is 48.6 Å². The number of unbranched alkanes of at least 4 members (excludes halogenated alkanes) is 34. The van der Waals surface area contributed by atoms with Crippen LogP contribution in [0.5, 0.6) is 0 Å². The smallest absolute Gasteiger partial charge is 0.220 e. The van der Waals surface area contributed by atoms with Crippen molar-refractivity contribution in [2.45, 2.75) is 357 Å². The summed E-state index contributed by atoms with van der Waals surface area (Å²) in [6.45, 7) is 2.74. The summed E-state index contributed by atoms with van der Waals surface area (Å²) in [5, 5.41) is 87.4. The number of ether oxygens (including phenoxy) is 4. The van der Waals surface area contributed by atoms with E-state index in [1.165, 1.54) is 186 Å². The van der Waals surface area contributed by atoms with Gasteiger partial charge in [-0.1, -0.05) is 274 Å². The van der Waals surface area contributed by atoms with Crippen molar-refractivity contribution in [2.75, 3.05) is 19.8 Å². The fourth-order valence-electron chi connectivity index (χ4n) is 11.2. The highest BCUT2D eigenvalue weighted by Crippen LogP contribution is 2.30. The molecule has 0 spiro atoms. The lowest BCUT2D eigenvalue weighted by molar-refractivity contribution is -0.359. The quantitative estimate of drug-likeness (QED) is 0.0204. The monoisotopic (exact) mass is 1160 g/mol. The molecular formula is C68H125NO13. The minimum atomic E-state index is -1.79. The van der Waals surface area contributed by atoms with Crippen molar-refractivity contribution in [1.29, 1.82) is 0 Å². The predicted octanol–water partition coefficient (Wildman–Crippen LogP) is 13.1. The average molecular weight is 1160 g/mol. The molecule has 14 heteroatoms. The lowest BCUT2D eigenvalue weighted by atomic mass is 9.97. The molecule has 14 nitrogen and oxygen atoms in total. The molecule has 480 valence electrons. The first-order valence-electron chi connectivity index (χ1n) is 33.9. The van der Waals surface area contributed by atoms with Crippen LogP contribution < -0.4 is 5.32 Å². The van der Waals surface area contributed by atoms with Gasteiger partial charge < -0.3 is 65.1 Å². The van der Waals surface area contributed by atoms with Crippen molar-refractivity contribution in [3.05, 3.63) is 48.6 Å². The second-order valence-electron chi connectivity index (χ2n) is 23.9. The molecule has 0 aromatic heterocycles. The van der Waals surface area contributed by atoms with E-state index < -0.39 is 86.8 Å². The molecule has 0 saturated carbocycles. The molecule has 2 aliphatic rings. The van der Waals surface area contributed by atoms with Gasteiger partial charge in [-0.05, 0) is 51.4 Å². The highest BCUT2D eigenvalue weighted by molar-refractivity contribution is 5.76. The number of allylic oxidation sites excluding steroid dienone is 8. The van der Waals surface area contributed by atoms with Crippen LogP contribution in [0.4, 0.5) is 0 Å². The van der Waals surface area contributed by atoms with Crippen LogP contribution in [0.2, 0.25) is 0 Å². The summed E-state index contributed by atoms with van der Waals surface area (Å²) >= 11 is 0. The van der Waals surface area contributed by atoms with Crippen molar-refractivity contribution in [2.24, 2.45) is 0 Å². The Labute approximate surface area is 499 Å². The molecule has 0 aromatic carbocycles. The van der Waals surface area contributed by atoms with Crippen molar-refractivity contribution < 1.29 is 64.6 Å². The molecule has 2 rings (SSSR count). The summed E-state index contributed by atoms with van der Waals surface area (Å²) in [4.78, 5) is 13.3. The molecule has 0 bridgehead atoms. The fraction of sp³-hybridized carbons (Fsp3) is 0.868. The van der Waals surface area contributed by atoms with Gasteiger partial charge in [0.25, 0.3) is 0 Å². The Morgan fingerprint density at radius 1 is 0.451 bits per heavy atom. The van der Waals surface area contributed by atoms with Crippen LogP contribution >= 0.6 is 0 Å². The summed E-state index contributed by atoms with van der Waals surface area (Å²) in [7, 11) is 0. The van der Waals surface area contributed by atoms with E-state index in [2.05, 4.69) is 67.8 Å². The van der Waals surface area contributed by atoms with E-state index in [1.54, 1.807) is 0 Å². The van der Waals surface area contributed by atoms with Gasteiger partial charge in [0.15, 0.2) is 12.6 Å². The van der Waals surface area contributed by atoms with Gasteiger partial charge in [-0.3, -0.25) is 4.79 Å². The van der Waals surface area contributed by atoms with Gasteiger partial charge in [-0.25, -0.2) is 0 Å². The third-order valence-electron chi connectivity index (χ3n) is 16.6. The maximum atomic E-state index is 13.3. The molecule has 12 unspecified atom stereocenters. The Morgan fingerprint density at radius 3 is 1.27 bits per heavy atom. The predicted molar refractivity (Wildman–Crippen MR) is 332 cm³/mol. The second-order valence-corrected chi connectivity index (χ2v) is 23.9. The number of hydrogen-bond donors (Lipinski definition) is 9. The fourth-order valence-corrected chi connectivity index (χ4v) is 11.2. The van der Waals surface area contributed by atoms with Gasteiger partial charge in [-0.2, -0.15) is 0 Å². The third-order valence-corrected chi connectivity index (χ3v) is 16.6. The van der Waals surface area contributed by atoms with E-state index in [1.807, 2.05) is 0 Å². The molecule has 0 aromatic rings. The number of nitrogens with one attached hydrogen (secondary N) is 1. The molecule has 2 heterocycles. The third kappa shape index (κ3) is 37.5. The van der Waals surface area contributed by atoms with Crippen molar-refractivity contribution in [3.8, 4) is 0 Å². The van der Waals surface area contributed by atoms with Crippen LogP contribution in [-0.4, -0.2) is 140 Å². The summed E-state index contributed by atoms with van der Waals surface area (Å²) in [5.41, 5.74) is 0. The zero-order valence-corrected chi connectivity index (χ0v) is 52.0. The number of carbonyl (C=O) groups is 1. The Bertz CT molecular complexity index is 1560. The highest BCUT2D eigenvalue weighted by atomic mass is 16.7. The Kier molecular flexibility index (Phi) is 49.3.